The lowest BCUT2D eigenvalue weighted by Gasteiger charge is -2.39. The second-order valence-corrected chi connectivity index (χ2v) is 8.55. The molecule has 0 N–H and O–H groups in total. The molecule has 1 saturated heterocycles. The summed E-state index contributed by atoms with van der Waals surface area (Å²) in [7, 11) is 1.74. The smallest absolute Gasteiger partial charge is 0.168 e. The van der Waals surface area contributed by atoms with Crippen LogP contribution < -0.4 is 4.74 Å². The molecule has 1 atom stereocenters. The van der Waals surface area contributed by atoms with Crippen molar-refractivity contribution < 1.29 is 4.74 Å². The molecule has 0 aliphatic carbocycles. The third-order valence-corrected chi connectivity index (χ3v) is 5.42. The fourth-order valence-corrected chi connectivity index (χ4v) is 3.94. The fraction of sp³-hybridized carbons (Fsp3) is 0.667. The van der Waals surface area contributed by atoms with E-state index >= 15 is 0 Å². The van der Waals surface area contributed by atoms with E-state index in [2.05, 4.69) is 65.2 Å². The Morgan fingerprint density at radius 3 is 2.46 bits per heavy atom. The van der Waals surface area contributed by atoms with Crippen LogP contribution >= 0.6 is 0 Å². The highest BCUT2D eigenvalue weighted by Gasteiger charge is 2.31. The first-order valence-corrected chi connectivity index (χ1v) is 10.3. The van der Waals surface area contributed by atoms with Crippen molar-refractivity contribution in [1.29, 1.82) is 0 Å². The van der Waals surface area contributed by atoms with Gasteiger partial charge in [0, 0.05) is 38.3 Å². The zero-order valence-electron chi connectivity index (χ0n) is 17.9. The van der Waals surface area contributed by atoms with Crippen molar-refractivity contribution in [3.63, 3.8) is 0 Å². The fourth-order valence-electron chi connectivity index (χ4n) is 3.94. The van der Waals surface area contributed by atoms with Gasteiger partial charge in [0.25, 0.3) is 0 Å². The van der Waals surface area contributed by atoms with E-state index in [0.29, 0.717) is 0 Å². The van der Waals surface area contributed by atoms with Gasteiger partial charge >= 0.3 is 0 Å². The van der Waals surface area contributed by atoms with Gasteiger partial charge in [-0.05, 0) is 43.7 Å². The number of hydrogen-bond acceptors (Lipinski definition) is 6. The van der Waals surface area contributed by atoms with Gasteiger partial charge in [0.2, 0.25) is 0 Å². The minimum atomic E-state index is -0.115. The van der Waals surface area contributed by atoms with Crippen molar-refractivity contribution in [2.45, 2.75) is 58.7 Å². The Kier molecular flexibility index (Phi) is 6.67. The topological polar surface area (TPSA) is 59.3 Å². The molecular weight excluding hydrogens is 352 g/mol. The Morgan fingerprint density at radius 1 is 1.11 bits per heavy atom. The van der Waals surface area contributed by atoms with Crippen LogP contribution in [-0.4, -0.2) is 63.3 Å². The highest BCUT2D eigenvalue weighted by molar-refractivity contribution is 5.33. The number of nitrogens with zero attached hydrogens (tertiary/aromatic N) is 6. The van der Waals surface area contributed by atoms with Crippen LogP contribution in [0.2, 0.25) is 0 Å². The third-order valence-electron chi connectivity index (χ3n) is 5.42. The minimum Gasteiger partial charge on any atom is -0.496 e. The van der Waals surface area contributed by atoms with E-state index in [1.807, 2.05) is 16.8 Å². The maximum absolute atomic E-state index is 5.51. The number of rotatable bonds is 7. The van der Waals surface area contributed by atoms with Crippen LogP contribution in [0.3, 0.4) is 0 Å². The van der Waals surface area contributed by atoms with Crippen LogP contribution in [0.1, 0.15) is 58.0 Å². The Hall–Kier alpha value is -1.99. The van der Waals surface area contributed by atoms with Crippen LogP contribution in [0.5, 0.6) is 5.75 Å². The van der Waals surface area contributed by atoms with Gasteiger partial charge in [-0.1, -0.05) is 31.5 Å². The van der Waals surface area contributed by atoms with E-state index in [1.54, 1.807) is 7.11 Å². The summed E-state index contributed by atoms with van der Waals surface area (Å²) >= 11 is 0. The van der Waals surface area contributed by atoms with Crippen molar-refractivity contribution in [1.82, 2.24) is 30.0 Å². The largest absolute Gasteiger partial charge is 0.496 e. The number of ether oxygens (including phenoxy) is 1. The first kappa shape index (κ1) is 20.7. The number of aromatic nitrogens is 4. The van der Waals surface area contributed by atoms with E-state index in [0.717, 1.165) is 57.1 Å². The monoisotopic (exact) mass is 386 g/mol. The Balaban J connectivity index is 1.67. The average Bonchev–Trinajstić information content (AvgIpc) is 3.17. The summed E-state index contributed by atoms with van der Waals surface area (Å²) in [5.74, 6) is 1.96. The van der Waals surface area contributed by atoms with E-state index in [-0.39, 0.29) is 11.6 Å². The molecule has 0 bridgehead atoms. The molecule has 154 valence electrons. The molecule has 0 amide bonds. The van der Waals surface area contributed by atoms with Gasteiger partial charge in [0.15, 0.2) is 5.82 Å². The van der Waals surface area contributed by atoms with E-state index in [1.165, 1.54) is 5.56 Å². The highest BCUT2D eigenvalue weighted by Crippen LogP contribution is 2.28. The van der Waals surface area contributed by atoms with Gasteiger partial charge in [-0.25, -0.2) is 4.68 Å². The summed E-state index contributed by atoms with van der Waals surface area (Å²) in [6.07, 6.45) is 2.19. The summed E-state index contributed by atoms with van der Waals surface area (Å²) in [4.78, 5) is 5.06. The third kappa shape index (κ3) is 4.70. The second kappa shape index (κ2) is 9.01. The van der Waals surface area contributed by atoms with Crippen LogP contribution in [0, 0.1) is 0 Å². The van der Waals surface area contributed by atoms with Crippen molar-refractivity contribution >= 4 is 0 Å². The molecular formula is C21H34N6O. The number of hydrogen-bond donors (Lipinski definition) is 0. The number of tetrazole rings is 1. The molecule has 0 saturated carbocycles. The van der Waals surface area contributed by atoms with Gasteiger partial charge < -0.3 is 4.74 Å². The summed E-state index contributed by atoms with van der Waals surface area (Å²) in [6.45, 7) is 13.7. The van der Waals surface area contributed by atoms with Crippen molar-refractivity contribution in [2.75, 3.05) is 33.3 Å². The molecule has 1 fully saturated rings. The van der Waals surface area contributed by atoms with Gasteiger partial charge in [-0.2, -0.15) is 0 Å². The summed E-state index contributed by atoms with van der Waals surface area (Å²) in [5.41, 5.74) is 1.14. The summed E-state index contributed by atoms with van der Waals surface area (Å²) < 4.78 is 7.50. The average molecular weight is 387 g/mol. The van der Waals surface area contributed by atoms with Crippen LogP contribution in [0.4, 0.5) is 0 Å². The molecule has 1 aromatic heterocycles. The van der Waals surface area contributed by atoms with E-state index < -0.39 is 0 Å². The van der Waals surface area contributed by atoms with Crippen LogP contribution in [-0.2, 0) is 12.1 Å². The Morgan fingerprint density at radius 2 is 1.82 bits per heavy atom. The van der Waals surface area contributed by atoms with Crippen molar-refractivity contribution in [3.05, 3.63) is 35.7 Å². The highest BCUT2D eigenvalue weighted by atomic mass is 16.5. The molecule has 1 aromatic carbocycles. The zero-order valence-corrected chi connectivity index (χ0v) is 17.9. The number of para-hydroxylation sites is 1. The van der Waals surface area contributed by atoms with Gasteiger partial charge in [0.1, 0.15) is 5.75 Å². The molecule has 0 radical (unpaired) electrons. The Labute approximate surface area is 168 Å². The first-order valence-electron chi connectivity index (χ1n) is 10.3. The van der Waals surface area contributed by atoms with E-state index in [4.69, 9.17) is 4.74 Å². The number of benzene rings is 1. The molecule has 0 unspecified atom stereocenters. The molecule has 7 heteroatoms. The van der Waals surface area contributed by atoms with Crippen LogP contribution in [0.25, 0.3) is 0 Å². The predicted octanol–water partition coefficient (Wildman–Crippen LogP) is 3.10. The minimum absolute atomic E-state index is 0.115. The molecule has 2 aromatic rings. The maximum Gasteiger partial charge on any atom is 0.168 e. The first-order chi connectivity index (χ1) is 13.4. The van der Waals surface area contributed by atoms with Crippen molar-refractivity contribution in [2.24, 2.45) is 0 Å². The lowest BCUT2D eigenvalue weighted by molar-refractivity contribution is 0.0791. The van der Waals surface area contributed by atoms with Gasteiger partial charge in [0.05, 0.1) is 18.7 Å². The molecule has 0 spiro atoms. The van der Waals surface area contributed by atoms with Crippen molar-refractivity contribution in [3.8, 4) is 5.75 Å². The molecule has 1 aliphatic heterocycles. The summed E-state index contributed by atoms with van der Waals surface area (Å²) in [6, 6.07) is 8.57. The van der Waals surface area contributed by atoms with Gasteiger partial charge in [-0.3, -0.25) is 9.80 Å². The standard InChI is InChI=1S/C21H34N6O/c1-6-9-18(20-22-23-24-27(20)21(2,3)4)26-14-12-25(13-15-26)16-17-10-7-8-11-19(17)28-5/h7-8,10-11,18H,6,9,12-16H2,1-5H3/t18-/m0/s1. The molecule has 28 heavy (non-hydrogen) atoms. The number of piperazine rings is 1. The zero-order chi connectivity index (χ0) is 20.1. The van der Waals surface area contributed by atoms with Gasteiger partial charge in [-0.15, -0.1) is 5.10 Å². The normalized spacial score (nSPS) is 17.6. The van der Waals surface area contributed by atoms with Crippen LogP contribution in [0.15, 0.2) is 24.3 Å². The molecule has 3 rings (SSSR count). The number of methoxy groups -OCH3 is 1. The lowest BCUT2D eigenvalue weighted by Crippen LogP contribution is -2.48. The predicted molar refractivity (Wildman–Crippen MR) is 110 cm³/mol. The SMILES string of the molecule is CCC[C@@H](c1nnnn1C(C)(C)C)N1CCN(Cc2ccccc2OC)CC1. The second-order valence-electron chi connectivity index (χ2n) is 8.55. The molecule has 7 nitrogen and oxygen atoms in total. The molecule has 2 heterocycles. The van der Waals surface area contributed by atoms with E-state index in [9.17, 15) is 0 Å². The summed E-state index contributed by atoms with van der Waals surface area (Å²) in [5, 5.41) is 12.7. The maximum atomic E-state index is 5.51. The Bertz CT molecular complexity index is 745. The quantitative estimate of drug-likeness (QED) is 0.729. The molecule has 1 aliphatic rings. The lowest BCUT2D eigenvalue weighted by atomic mass is 10.0.